The molecule has 0 aliphatic carbocycles. The molecule has 80 valence electrons. The van der Waals surface area contributed by atoms with Crippen molar-refractivity contribution >= 4 is 11.3 Å². The van der Waals surface area contributed by atoms with Gasteiger partial charge >= 0.3 is 0 Å². The zero-order chi connectivity index (χ0) is 10.4. The number of thiazole rings is 1. The van der Waals surface area contributed by atoms with Gasteiger partial charge in [-0.15, -0.1) is 11.3 Å². The van der Waals surface area contributed by atoms with Crippen LogP contribution in [-0.4, -0.2) is 29.9 Å². The highest BCUT2D eigenvalue weighted by molar-refractivity contribution is 7.09. The zero-order valence-corrected chi connectivity index (χ0v) is 9.51. The highest BCUT2D eigenvalue weighted by Crippen LogP contribution is 2.15. The second kappa shape index (κ2) is 6.11. The van der Waals surface area contributed by atoms with Crippen LogP contribution in [0.25, 0.3) is 0 Å². The molecule has 1 aromatic rings. The Hall–Kier alpha value is -0.450. The van der Waals surface area contributed by atoms with E-state index >= 15 is 0 Å². The fraction of sp³-hybridized carbons (Fsp3) is 0.700. The molecule has 1 unspecified atom stereocenters. The van der Waals surface area contributed by atoms with Gasteiger partial charge in [0.1, 0.15) is 0 Å². The molecule has 0 radical (unpaired) electrons. The van der Waals surface area contributed by atoms with E-state index in [0.717, 1.165) is 25.0 Å². The van der Waals surface area contributed by atoms with Crippen LogP contribution >= 0.6 is 11.3 Å². The van der Waals surface area contributed by atoms with Gasteiger partial charge in [0.15, 0.2) is 0 Å². The van der Waals surface area contributed by atoms with Crippen molar-refractivity contribution in [2.45, 2.75) is 32.3 Å². The summed E-state index contributed by atoms with van der Waals surface area (Å²) in [6.45, 7) is 2.46. The van der Waals surface area contributed by atoms with Crippen LogP contribution in [0, 0.1) is 6.92 Å². The minimum Gasteiger partial charge on any atom is -0.391 e. The second-order valence-corrected chi connectivity index (χ2v) is 4.30. The highest BCUT2D eigenvalue weighted by Gasteiger charge is 2.05. The quantitative estimate of drug-likeness (QED) is 0.786. The Morgan fingerprint density at radius 2 is 2.43 bits per heavy atom. The SMILES string of the molecule is COCC(O)CCCc1scnc1C. The molecule has 1 N–H and O–H groups in total. The number of methoxy groups -OCH3 is 1. The first-order valence-electron chi connectivity index (χ1n) is 4.80. The van der Waals surface area contributed by atoms with E-state index in [1.54, 1.807) is 18.4 Å². The maximum Gasteiger partial charge on any atom is 0.0797 e. The lowest BCUT2D eigenvalue weighted by Gasteiger charge is -2.08. The number of aliphatic hydroxyl groups excluding tert-OH is 1. The van der Waals surface area contributed by atoms with Gasteiger partial charge in [0.05, 0.1) is 23.9 Å². The van der Waals surface area contributed by atoms with E-state index in [9.17, 15) is 5.11 Å². The molecule has 1 atom stereocenters. The summed E-state index contributed by atoms with van der Waals surface area (Å²) >= 11 is 1.69. The minimum atomic E-state index is -0.326. The van der Waals surface area contributed by atoms with E-state index in [-0.39, 0.29) is 6.10 Å². The van der Waals surface area contributed by atoms with Gasteiger partial charge in [0.25, 0.3) is 0 Å². The summed E-state index contributed by atoms with van der Waals surface area (Å²) in [6, 6.07) is 0. The third-order valence-corrected chi connectivity index (χ3v) is 3.14. The standard InChI is InChI=1S/C10H17NO2S/c1-8-10(14-7-11-8)5-3-4-9(12)6-13-2/h7,9,12H,3-6H2,1-2H3. The van der Waals surface area contributed by atoms with Crippen molar-refractivity contribution in [2.24, 2.45) is 0 Å². The summed E-state index contributed by atoms with van der Waals surface area (Å²) in [5.74, 6) is 0. The fourth-order valence-electron chi connectivity index (χ4n) is 1.34. The van der Waals surface area contributed by atoms with Gasteiger partial charge in [0.2, 0.25) is 0 Å². The first kappa shape index (κ1) is 11.6. The summed E-state index contributed by atoms with van der Waals surface area (Å²) in [4.78, 5) is 5.51. The van der Waals surface area contributed by atoms with E-state index in [1.807, 2.05) is 12.4 Å². The minimum absolute atomic E-state index is 0.326. The molecule has 0 amide bonds. The number of aliphatic hydroxyl groups is 1. The molecular weight excluding hydrogens is 198 g/mol. The number of ether oxygens (including phenoxy) is 1. The zero-order valence-electron chi connectivity index (χ0n) is 8.69. The molecule has 0 aromatic carbocycles. The van der Waals surface area contributed by atoms with Crippen molar-refractivity contribution in [1.82, 2.24) is 4.98 Å². The monoisotopic (exact) mass is 215 g/mol. The summed E-state index contributed by atoms with van der Waals surface area (Å²) in [5, 5.41) is 9.41. The van der Waals surface area contributed by atoms with E-state index in [4.69, 9.17) is 4.74 Å². The third kappa shape index (κ3) is 3.74. The largest absolute Gasteiger partial charge is 0.391 e. The lowest BCUT2D eigenvalue weighted by Crippen LogP contribution is -2.13. The number of aromatic nitrogens is 1. The predicted molar refractivity (Wildman–Crippen MR) is 57.7 cm³/mol. The van der Waals surface area contributed by atoms with Crippen molar-refractivity contribution in [1.29, 1.82) is 0 Å². The molecule has 3 nitrogen and oxygen atoms in total. The third-order valence-electron chi connectivity index (χ3n) is 2.15. The summed E-state index contributed by atoms with van der Waals surface area (Å²) in [7, 11) is 1.61. The first-order chi connectivity index (χ1) is 6.74. The number of nitrogens with zero attached hydrogens (tertiary/aromatic N) is 1. The van der Waals surface area contributed by atoms with Gasteiger partial charge < -0.3 is 9.84 Å². The second-order valence-electron chi connectivity index (χ2n) is 3.36. The van der Waals surface area contributed by atoms with Crippen LogP contribution in [0.4, 0.5) is 0 Å². The van der Waals surface area contributed by atoms with Gasteiger partial charge in [-0.1, -0.05) is 0 Å². The Balaban J connectivity index is 2.19. The van der Waals surface area contributed by atoms with Crippen LogP contribution in [0.15, 0.2) is 5.51 Å². The Morgan fingerprint density at radius 1 is 1.64 bits per heavy atom. The Labute approximate surface area is 88.8 Å². The molecule has 1 heterocycles. The fourth-order valence-corrected chi connectivity index (χ4v) is 2.16. The van der Waals surface area contributed by atoms with Crippen LogP contribution in [0.3, 0.4) is 0 Å². The molecular formula is C10H17NO2S. The molecule has 0 spiro atoms. The number of hydrogen-bond donors (Lipinski definition) is 1. The Morgan fingerprint density at radius 3 is 3.00 bits per heavy atom. The molecule has 0 saturated carbocycles. The van der Waals surface area contributed by atoms with Crippen LogP contribution in [-0.2, 0) is 11.2 Å². The maximum absolute atomic E-state index is 9.41. The van der Waals surface area contributed by atoms with Crippen molar-refractivity contribution in [2.75, 3.05) is 13.7 Å². The number of rotatable bonds is 6. The molecule has 0 fully saturated rings. The van der Waals surface area contributed by atoms with Gasteiger partial charge in [-0.2, -0.15) is 0 Å². The van der Waals surface area contributed by atoms with Gasteiger partial charge in [-0.05, 0) is 26.2 Å². The normalized spacial score (nSPS) is 13.1. The molecule has 1 rings (SSSR count). The summed E-state index contributed by atoms with van der Waals surface area (Å²) in [6.07, 6.45) is 2.48. The Bertz CT molecular complexity index is 262. The average Bonchev–Trinajstić information content (AvgIpc) is 2.52. The number of aryl methyl sites for hydroxylation is 2. The predicted octanol–water partition coefficient (Wildman–Crippen LogP) is 1.78. The van der Waals surface area contributed by atoms with Crippen LogP contribution in [0.2, 0.25) is 0 Å². The molecule has 0 aliphatic heterocycles. The maximum atomic E-state index is 9.41. The lowest BCUT2D eigenvalue weighted by atomic mass is 10.1. The highest BCUT2D eigenvalue weighted by atomic mass is 32.1. The molecule has 14 heavy (non-hydrogen) atoms. The topological polar surface area (TPSA) is 42.4 Å². The summed E-state index contributed by atoms with van der Waals surface area (Å²) in [5.41, 5.74) is 2.99. The molecule has 0 saturated heterocycles. The van der Waals surface area contributed by atoms with Crippen LogP contribution < -0.4 is 0 Å². The summed E-state index contributed by atoms with van der Waals surface area (Å²) < 4.78 is 4.86. The number of hydrogen-bond acceptors (Lipinski definition) is 4. The van der Waals surface area contributed by atoms with Crippen molar-refractivity contribution in [3.05, 3.63) is 16.1 Å². The Kier molecular flexibility index (Phi) is 5.07. The van der Waals surface area contributed by atoms with E-state index in [1.165, 1.54) is 4.88 Å². The molecule has 1 aromatic heterocycles. The molecule has 0 aliphatic rings. The smallest absolute Gasteiger partial charge is 0.0797 e. The van der Waals surface area contributed by atoms with Crippen molar-refractivity contribution in [3.8, 4) is 0 Å². The molecule has 0 bridgehead atoms. The lowest BCUT2D eigenvalue weighted by molar-refractivity contribution is 0.0581. The van der Waals surface area contributed by atoms with Crippen molar-refractivity contribution in [3.63, 3.8) is 0 Å². The van der Waals surface area contributed by atoms with Crippen LogP contribution in [0.1, 0.15) is 23.4 Å². The molecule has 4 heteroatoms. The average molecular weight is 215 g/mol. The van der Waals surface area contributed by atoms with Gasteiger partial charge in [-0.25, -0.2) is 4.98 Å². The van der Waals surface area contributed by atoms with Gasteiger partial charge in [0, 0.05) is 12.0 Å². The van der Waals surface area contributed by atoms with Crippen LogP contribution in [0.5, 0.6) is 0 Å². The van der Waals surface area contributed by atoms with E-state index in [0.29, 0.717) is 6.61 Å². The first-order valence-corrected chi connectivity index (χ1v) is 5.68. The van der Waals surface area contributed by atoms with E-state index in [2.05, 4.69) is 4.98 Å². The van der Waals surface area contributed by atoms with E-state index < -0.39 is 0 Å². The van der Waals surface area contributed by atoms with Gasteiger partial charge in [-0.3, -0.25) is 0 Å². The van der Waals surface area contributed by atoms with Crippen molar-refractivity contribution < 1.29 is 9.84 Å².